The molecule has 0 saturated heterocycles. The van der Waals surface area contributed by atoms with Crippen molar-refractivity contribution in [1.82, 2.24) is 9.55 Å². The second-order valence-electron chi connectivity index (χ2n) is 4.44. The first-order chi connectivity index (χ1) is 9.54. The highest BCUT2D eigenvalue weighted by molar-refractivity contribution is 14.1. The van der Waals surface area contributed by atoms with Crippen LogP contribution in [0.2, 0.25) is 5.02 Å². The second-order valence-corrected chi connectivity index (χ2v) is 6.04. The minimum atomic E-state index is -0.273. The summed E-state index contributed by atoms with van der Waals surface area (Å²) >= 11 is 7.91. The van der Waals surface area contributed by atoms with E-state index in [1.165, 1.54) is 6.07 Å². The van der Waals surface area contributed by atoms with Gasteiger partial charge in [0.25, 0.3) is 0 Å². The second kappa shape index (κ2) is 5.21. The van der Waals surface area contributed by atoms with E-state index in [1.54, 1.807) is 10.6 Å². The molecule has 0 spiro atoms. The number of rotatable bonds is 2. The fourth-order valence-corrected chi connectivity index (χ4v) is 2.79. The van der Waals surface area contributed by atoms with Crippen LogP contribution in [-0.2, 0) is 6.54 Å². The summed E-state index contributed by atoms with van der Waals surface area (Å²) in [4.78, 5) is 4.27. The number of aromatic nitrogens is 2. The molecule has 2 N–H and O–H groups in total. The van der Waals surface area contributed by atoms with Crippen molar-refractivity contribution < 1.29 is 4.39 Å². The summed E-state index contributed by atoms with van der Waals surface area (Å²) in [5.41, 5.74) is 8.29. The van der Waals surface area contributed by atoms with Gasteiger partial charge >= 0.3 is 0 Å². The fourth-order valence-electron chi connectivity index (χ4n) is 2.12. The van der Waals surface area contributed by atoms with Crippen molar-refractivity contribution in [2.24, 2.45) is 0 Å². The van der Waals surface area contributed by atoms with Crippen LogP contribution in [-0.4, -0.2) is 9.55 Å². The van der Waals surface area contributed by atoms with Crippen molar-refractivity contribution in [3.8, 4) is 0 Å². The maximum Gasteiger partial charge on any atom is 0.201 e. The van der Waals surface area contributed by atoms with Gasteiger partial charge in [0, 0.05) is 11.1 Å². The summed E-state index contributed by atoms with van der Waals surface area (Å²) in [7, 11) is 0. The quantitative estimate of drug-likeness (QED) is 0.658. The molecule has 20 heavy (non-hydrogen) atoms. The van der Waals surface area contributed by atoms with E-state index in [0.717, 1.165) is 5.56 Å². The lowest BCUT2D eigenvalue weighted by Gasteiger charge is -2.07. The van der Waals surface area contributed by atoms with Crippen LogP contribution < -0.4 is 5.73 Å². The lowest BCUT2D eigenvalue weighted by molar-refractivity contribution is 0.621. The van der Waals surface area contributed by atoms with Gasteiger partial charge in [0.1, 0.15) is 5.82 Å². The lowest BCUT2D eigenvalue weighted by Crippen LogP contribution is -2.04. The Kier molecular flexibility index (Phi) is 3.55. The molecule has 1 heterocycles. The largest absolute Gasteiger partial charge is 0.369 e. The third kappa shape index (κ3) is 2.47. The van der Waals surface area contributed by atoms with Gasteiger partial charge in [-0.1, -0.05) is 23.7 Å². The smallest absolute Gasteiger partial charge is 0.201 e. The molecule has 2 aromatic carbocycles. The molecule has 102 valence electrons. The Morgan fingerprint density at radius 1 is 1.30 bits per heavy atom. The highest BCUT2D eigenvalue weighted by Gasteiger charge is 2.12. The molecule has 0 bridgehead atoms. The third-order valence-corrected chi connectivity index (χ3v) is 4.11. The van der Waals surface area contributed by atoms with Crippen LogP contribution in [0.4, 0.5) is 10.3 Å². The van der Waals surface area contributed by atoms with Gasteiger partial charge in [-0.05, 0) is 46.4 Å². The molecule has 0 amide bonds. The van der Waals surface area contributed by atoms with E-state index >= 15 is 0 Å². The van der Waals surface area contributed by atoms with Crippen molar-refractivity contribution in [2.75, 3.05) is 5.73 Å². The number of benzene rings is 2. The Morgan fingerprint density at radius 2 is 2.10 bits per heavy atom. The van der Waals surface area contributed by atoms with Crippen LogP contribution in [0, 0.1) is 9.39 Å². The fraction of sp³-hybridized carbons (Fsp3) is 0.0714. The molecule has 0 atom stereocenters. The number of hydrogen-bond donors (Lipinski definition) is 1. The summed E-state index contributed by atoms with van der Waals surface area (Å²) in [6.45, 7) is 0.503. The molecule has 0 saturated carbocycles. The molecule has 3 rings (SSSR count). The van der Waals surface area contributed by atoms with Crippen LogP contribution in [0.5, 0.6) is 0 Å². The molecule has 0 radical (unpaired) electrons. The first kappa shape index (κ1) is 13.6. The minimum Gasteiger partial charge on any atom is -0.369 e. The molecule has 0 aliphatic rings. The number of nitrogens with zero attached hydrogens (tertiary/aromatic N) is 2. The average Bonchev–Trinajstić information content (AvgIpc) is 2.67. The topological polar surface area (TPSA) is 43.8 Å². The van der Waals surface area contributed by atoms with Gasteiger partial charge in [-0.2, -0.15) is 0 Å². The Labute approximate surface area is 133 Å². The Balaban J connectivity index is 2.11. The van der Waals surface area contributed by atoms with Gasteiger partial charge in [0.05, 0.1) is 21.1 Å². The lowest BCUT2D eigenvalue weighted by atomic mass is 10.2. The van der Waals surface area contributed by atoms with Gasteiger partial charge in [0.15, 0.2) is 0 Å². The van der Waals surface area contributed by atoms with Crippen LogP contribution in [0.1, 0.15) is 5.56 Å². The normalized spacial score (nSPS) is 11.2. The van der Waals surface area contributed by atoms with Crippen LogP contribution in [0.3, 0.4) is 0 Å². The van der Waals surface area contributed by atoms with Gasteiger partial charge in [-0.25, -0.2) is 9.37 Å². The number of anilines is 1. The molecule has 1 aromatic heterocycles. The first-order valence-corrected chi connectivity index (χ1v) is 7.35. The summed E-state index contributed by atoms with van der Waals surface area (Å²) in [5, 5.41) is 0.659. The molecule has 0 aliphatic carbocycles. The van der Waals surface area contributed by atoms with Crippen molar-refractivity contribution in [3.63, 3.8) is 0 Å². The number of fused-ring (bicyclic) bond motifs is 1. The minimum absolute atomic E-state index is 0.273. The molecule has 0 fully saturated rings. The predicted octanol–water partition coefficient (Wildman–Crippen LogP) is 4.06. The van der Waals surface area contributed by atoms with Crippen molar-refractivity contribution in [2.45, 2.75) is 6.54 Å². The summed E-state index contributed by atoms with van der Waals surface area (Å²) in [6.07, 6.45) is 0. The molecular weight excluding hydrogens is 392 g/mol. The van der Waals surface area contributed by atoms with E-state index < -0.39 is 0 Å². The van der Waals surface area contributed by atoms with Crippen molar-refractivity contribution in [1.29, 1.82) is 0 Å². The molecular formula is C14H10ClFIN3. The van der Waals surface area contributed by atoms with Crippen LogP contribution >= 0.6 is 34.2 Å². The van der Waals surface area contributed by atoms with E-state index in [4.69, 9.17) is 17.3 Å². The van der Waals surface area contributed by atoms with E-state index in [1.807, 2.05) is 46.9 Å². The zero-order valence-electron chi connectivity index (χ0n) is 10.3. The number of hydrogen-bond acceptors (Lipinski definition) is 2. The number of nitrogens with two attached hydrogens (primary N) is 1. The summed E-state index contributed by atoms with van der Waals surface area (Å²) in [5.74, 6) is 0.0896. The Hall–Kier alpha value is -1.34. The molecule has 0 aliphatic heterocycles. The zero-order chi connectivity index (χ0) is 14.3. The van der Waals surface area contributed by atoms with Gasteiger partial charge in [-0.3, -0.25) is 0 Å². The van der Waals surface area contributed by atoms with E-state index in [2.05, 4.69) is 4.98 Å². The standard InChI is InChI=1S/C14H10ClFIN3/c15-9-3-1-2-8(4-9)7-20-13-5-10(16)11(17)6-12(13)19-14(20)18/h1-6H,7H2,(H2,18,19). The van der Waals surface area contributed by atoms with E-state index in [-0.39, 0.29) is 5.82 Å². The Bertz CT molecular complexity index is 800. The molecule has 6 heteroatoms. The molecule has 3 aromatic rings. The number of halogens is 3. The zero-order valence-corrected chi connectivity index (χ0v) is 13.2. The monoisotopic (exact) mass is 401 g/mol. The van der Waals surface area contributed by atoms with E-state index in [9.17, 15) is 4.39 Å². The molecule has 0 unspecified atom stereocenters. The number of nitrogen functional groups attached to an aromatic ring is 1. The number of imidazole rings is 1. The highest BCUT2D eigenvalue weighted by Crippen LogP contribution is 2.24. The van der Waals surface area contributed by atoms with Gasteiger partial charge < -0.3 is 10.3 Å². The summed E-state index contributed by atoms with van der Waals surface area (Å²) < 4.78 is 16.0. The van der Waals surface area contributed by atoms with Gasteiger partial charge in [-0.15, -0.1) is 0 Å². The average molecular weight is 402 g/mol. The first-order valence-electron chi connectivity index (χ1n) is 5.90. The summed E-state index contributed by atoms with van der Waals surface area (Å²) in [6, 6.07) is 10.6. The van der Waals surface area contributed by atoms with Crippen molar-refractivity contribution >= 4 is 51.2 Å². The van der Waals surface area contributed by atoms with Gasteiger partial charge in [0.2, 0.25) is 5.95 Å². The van der Waals surface area contributed by atoms with Crippen LogP contribution in [0.25, 0.3) is 11.0 Å². The maximum absolute atomic E-state index is 13.7. The SMILES string of the molecule is Nc1nc2cc(I)c(F)cc2n1Cc1cccc(Cl)c1. The van der Waals surface area contributed by atoms with E-state index in [0.29, 0.717) is 32.1 Å². The maximum atomic E-state index is 13.7. The Morgan fingerprint density at radius 3 is 2.85 bits per heavy atom. The van der Waals surface area contributed by atoms with Crippen molar-refractivity contribution in [3.05, 3.63) is 56.4 Å². The predicted molar refractivity (Wildman–Crippen MR) is 87.4 cm³/mol. The highest BCUT2D eigenvalue weighted by atomic mass is 127. The molecule has 3 nitrogen and oxygen atoms in total. The van der Waals surface area contributed by atoms with Crippen LogP contribution in [0.15, 0.2) is 36.4 Å². The third-order valence-electron chi connectivity index (χ3n) is 3.05.